The highest BCUT2D eigenvalue weighted by Crippen LogP contribution is 2.28. The first kappa shape index (κ1) is 16.8. The fraction of sp³-hybridized carbons (Fsp3) is 0.579. The normalized spacial score (nSPS) is 20.6. The molecular weight excluding hydrogens is 302 g/mol. The van der Waals surface area contributed by atoms with E-state index in [4.69, 9.17) is 0 Å². The molecule has 1 aliphatic heterocycles. The topological polar surface area (TPSA) is 52.7 Å². The number of rotatable bonds is 5. The molecule has 5 nitrogen and oxygen atoms in total. The number of likely N-dealkylation sites (tertiary alicyclic amines) is 1. The Morgan fingerprint density at radius 1 is 1.25 bits per heavy atom. The zero-order chi connectivity index (χ0) is 17.1. The molecule has 1 saturated carbocycles. The van der Waals surface area contributed by atoms with E-state index in [1.807, 2.05) is 48.2 Å². The van der Waals surface area contributed by atoms with Crippen LogP contribution in [0.3, 0.4) is 0 Å². The summed E-state index contributed by atoms with van der Waals surface area (Å²) in [6, 6.07) is 7.67. The van der Waals surface area contributed by atoms with Crippen LogP contribution in [-0.2, 0) is 4.79 Å². The first-order chi connectivity index (χ1) is 11.5. The van der Waals surface area contributed by atoms with E-state index >= 15 is 0 Å². The van der Waals surface area contributed by atoms with Crippen LogP contribution in [0.2, 0.25) is 0 Å². The van der Waals surface area contributed by atoms with Gasteiger partial charge in [0.25, 0.3) is 5.91 Å². The molecular formula is C19H27N3O2. The molecule has 1 aromatic rings. The average Bonchev–Trinajstić information content (AvgIpc) is 3.43. The van der Waals surface area contributed by atoms with E-state index in [9.17, 15) is 9.59 Å². The summed E-state index contributed by atoms with van der Waals surface area (Å²) in [7, 11) is 3.93. The lowest BCUT2D eigenvalue weighted by atomic mass is 9.96. The van der Waals surface area contributed by atoms with Crippen molar-refractivity contribution >= 4 is 17.5 Å². The molecule has 1 atom stereocenters. The van der Waals surface area contributed by atoms with Crippen molar-refractivity contribution in [3.8, 4) is 0 Å². The predicted octanol–water partition coefficient (Wildman–Crippen LogP) is 2.13. The van der Waals surface area contributed by atoms with Gasteiger partial charge in [-0.2, -0.15) is 0 Å². The molecule has 3 rings (SSSR count). The third-order valence-electron chi connectivity index (χ3n) is 4.95. The van der Waals surface area contributed by atoms with Gasteiger partial charge in [0, 0.05) is 45.0 Å². The molecule has 2 fully saturated rings. The number of hydrogen-bond acceptors (Lipinski definition) is 3. The van der Waals surface area contributed by atoms with E-state index in [0.29, 0.717) is 18.0 Å². The van der Waals surface area contributed by atoms with E-state index in [-0.39, 0.29) is 17.7 Å². The quantitative estimate of drug-likeness (QED) is 0.900. The Bertz CT molecular complexity index is 610. The predicted molar refractivity (Wildman–Crippen MR) is 95.1 cm³/mol. The monoisotopic (exact) mass is 329 g/mol. The highest BCUT2D eigenvalue weighted by atomic mass is 16.2. The van der Waals surface area contributed by atoms with Crippen molar-refractivity contribution in [2.24, 2.45) is 11.8 Å². The van der Waals surface area contributed by atoms with Crippen LogP contribution >= 0.6 is 0 Å². The Labute approximate surface area is 144 Å². The molecule has 130 valence electrons. The molecule has 1 aromatic carbocycles. The summed E-state index contributed by atoms with van der Waals surface area (Å²) < 4.78 is 0. The maximum absolute atomic E-state index is 12.8. The van der Waals surface area contributed by atoms with E-state index in [2.05, 4.69) is 5.32 Å². The maximum Gasteiger partial charge on any atom is 0.253 e. The molecule has 0 bridgehead atoms. The zero-order valence-electron chi connectivity index (χ0n) is 14.6. The van der Waals surface area contributed by atoms with Gasteiger partial charge in [0.1, 0.15) is 0 Å². The smallest absolute Gasteiger partial charge is 0.253 e. The number of carbonyl (C=O) groups excluding carboxylic acids is 2. The highest BCUT2D eigenvalue weighted by Gasteiger charge is 2.30. The Morgan fingerprint density at radius 3 is 2.75 bits per heavy atom. The zero-order valence-corrected chi connectivity index (χ0v) is 14.6. The van der Waals surface area contributed by atoms with Crippen molar-refractivity contribution in [1.82, 2.24) is 10.2 Å². The second-order valence-electron chi connectivity index (χ2n) is 7.22. The highest BCUT2D eigenvalue weighted by molar-refractivity contribution is 5.95. The second kappa shape index (κ2) is 7.24. The molecule has 1 saturated heterocycles. The second-order valence-corrected chi connectivity index (χ2v) is 7.22. The van der Waals surface area contributed by atoms with Crippen LogP contribution in [0.25, 0.3) is 0 Å². The van der Waals surface area contributed by atoms with Crippen molar-refractivity contribution < 1.29 is 9.59 Å². The number of amides is 2. The van der Waals surface area contributed by atoms with Gasteiger partial charge in [-0.3, -0.25) is 9.59 Å². The first-order valence-electron chi connectivity index (χ1n) is 8.89. The van der Waals surface area contributed by atoms with Crippen molar-refractivity contribution in [1.29, 1.82) is 0 Å². The summed E-state index contributed by atoms with van der Waals surface area (Å²) in [5.41, 5.74) is 1.71. The lowest BCUT2D eigenvalue weighted by Crippen LogP contribution is -2.45. The molecule has 0 unspecified atom stereocenters. The molecule has 0 radical (unpaired) electrons. The fourth-order valence-corrected chi connectivity index (χ4v) is 3.19. The number of hydrogen-bond donors (Lipinski definition) is 1. The van der Waals surface area contributed by atoms with Gasteiger partial charge in [-0.15, -0.1) is 0 Å². The van der Waals surface area contributed by atoms with E-state index in [0.717, 1.165) is 31.6 Å². The Morgan fingerprint density at radius 2 is 2.04 bits per heavy atom. The third kappa shape index (κ3) is 4.08. The van der Waals surface area contributed by atoms with E-state index in [1.54, 1.807) is 0 Å². The van der Waals surface area contributed by atoms with Gasteiger partial charge in [0.15, 0.2) is 0 Å². The SMILES string of the molecule is CN(C)c1cccc(C(=O)N2CCC[C@H](C(=O)NCC3CC3)C2)c1. The fourth-order valence-electron chi connectivity index (χ4n) is 3.19. The molecule has 5 heteroatoms. The molecule has 1 N–H and O–H groups in total. The minimum absolute atomic E-state index is 0.0263. The molecule has 2 amide bonds. The van der Waals surface area contributed by atoms with Crippen molar-refractivity contribution in [2.45, 2.75) is 25.7 Å². The number of nitrogens with one attached hydrogen (secondary N) is 1. The van der Waals surface area contributed by atoms with E-state index in [1.165, 1.54) is 12.8 Å². The standard InChI is InChI=1S/C19H27N3O2/c1-21(2)17-7-3-5-15(11-17)19(24)22-10-4-6-16(13-22)18(23)20-12-14-8-9-14/h3,5,7,11,14,16H,4,6,8-10,12-13H2,1-2H3,(H,20,23)/t16-/m0/s1. The molecule has 0 spiro atoms. The van der Waals surface area contributed by atoms with Crippen molar-refractivity contribution in [3.05, 3.63) is 29.8 Å². The summed E-state index contributed by atoms with van der Waals surface area (Å²) in [5, 5.41) is 3.05. The third-order valence-corrected chi connectivity index (χ3v) is 4.95. The number of carbonyl (C=O) groups is 2. The van der Waals surface area contributed by atoms with Crippen LogP contribution < -0.4 is 10.2 Å². The minimum Gasteiger partial charge on any atom is -0.378 e. The Balaban J connectivity index is 1.61. The summed E-state index contributed by atoms with van der Waals surface area (Å²) in [6.45, 7) is 2.06. The lowest BCUT2D eigenvalue weighted by Gasteiger charge is -2.32. The van der Waals surface area contributed by atoms with Gasteiger partial charge in [0.2, 0.25) is 5.91 Å². The van der Waals surface area contributed by atoms with Crippen LogP contribution in [0.4, 0.5) is 5.69 Å². The molecule has 24 heavy (non-hydrogen) atoms. The summed E-state index contributed by atoms with van der Waals surface area (Å²) in [6.07, 6.45) is 4.23. The Hall–Kier alpha value is -2.04. The van der Waals surface area contributed by atoms with E-state index < -0.39 is 0 Å². The summed E-state index contributed by atoms with van der Waals surface area (Å²) in [5.74, 6) is 0.752. The van der Waals surface area contributed by atoms with Crippen molar-refractivity contribution in [2.75, 3.05) is 38.6 Å². The van der Waals surface area contributed by atoms with Crippen LogP contribution in [0, 0.1) is 11.8 Å². The largest absolute Gasteiger partial charge is 0.378 e. The molecule has 1 aliphatic carbocycles. The molecule has 2 aliphatic rings. The van der Waals surface area contributed by atoms with Crippen LogP contribution in [0.1, 0.15) is 36.0 Å². The number of benzene rings is 1. The maximum atomic E-state index is 12.8. The molecule has 0 aromatic heterocycles. The number of nitrogens with zero attached hydrogens (tertiary/aromatic N) is 2. The van der Waals surface area contributed by atoms with Crippen LogP contribution in [0.15, 0.2) is 24.3 Å². The van der Waals surface area contributed by atoms with Gasteiger partial charge in [0.05, 0.1) is 5.92 Å². The molecule has 1 heterocycles. The van der Waals surface area contributed by atoms with Gasteiger partial charge in [-0.1, -0.05) is 6.07 Å². The Kier molecular flexibility index (Phi) is 5.07. The summed E-state index contributed by atoms with van der Waals surface area (Å²) in [4.78, 5) is 28.9. The van der Waals surface area contributed by atoms with Gasteiger partial charge >= 0.3 is 0 Å². The first-order valence-corrected chi connectivity index (χ1v) is 8.89. The summed E-state index contributed by atoms with van der Waals surface area (Å²) >= 11 is 0. The average molecular weight is 329 g/mol. The van der Waals surface area contributed by atoms with Gasteiger partial charge < -0.3 is 15.1 Å². The van der Waals surface area contributed by atoms with Gasteiger partial charge in [-0.25, -0.2) is 0 Å². The number of piperidine rings is 1. The lowest BCUT2D eigenvalue weighted by molar-refractivity contribution is -0.126. The van der Waals surface area contributed by atoms with Gasteiger partial charge in [-0.05, 0) is 49.8 Å². The van der Waals surface area contributed by atoms with Crippen molar-refractivity contribution in [3.63, 3.8) is 0 Å². The van der Waals surface area contributed by atoms with Crippen LogP contribution in [0.5, 0.6) is 0 Å². The van der Waals surface area contributed by atoms with Crippen LogP contribution in [-0.4, -0.2) is 50.4 Å². The minimum atomic E-state index is -0.0709. The number of anilines is 1.